The van der Waals surface area contributed by atoms with Gasteiger partial charge in [-0.2, -0.15) is 0 Å². The number of halogens is 1. The fourth-order valence-corrected chi connectivity index (χ4v) is 2.98. The van der Waals surface area contributed by atoms with Crippen molar-refractivity contribution in [2.24, 2.45) is 5.41 Å². The minimum absolute atomic E-state index is 0.254. The molecule has 0 radical (unpaired) electrons. The molecule has 0 unspecified atom stereocenters. The maximum absolute atomic E-state index is 12.7. The summed E-state index contributed by atoms with van der Waals surface area (Å²) < 4.78 is 0. The number of anilines is 2. The van der Waals surface area contributed by atoms with Crippen LogP contribution in [0.15, 0.2) is 36.4 Å². The molecule has 1 aliphatic rings. The average Bonchev–Trinajstić information content (AvgIpc) is 3.35. The molecule has 1 fully saturated rings. The zero-order chi connectivity index (χ0) is 18.2. The van der Waals surface area contributed by atoms with Gasteiger partial charge in [-0.1, -0.05) is 35.4 Å². The Kier molecular flexibility index (Phi) is 4.56. The highest BCUT2D eigenvalue weighted by atomic mass is 35.5. The van der Waals surface area contributed by atoms with Crippen LogP contribution in [-0.4, -0.2) is 11.8 Å². The average molecular weight is 357 g/mol. The third kappa shape index (κ3) is 3.54. The molecule has 0 saturated heterocycles. The van der Waals surface area contributed by atoms with Crippen molar-refractivity contribution in [3.63, 3.8) is 0 Å². The molecule has 3 rings (SSSR count). The lowest BCUT2D eigenvalue weighted by atomic mass is 10.0. The van der Waals surface area contributed by atoms with E-state index in [4.69, 9.17) is 11.6 Å². The number of aryl methyl sites for hydroxylation is 3. The SMILES string of the molecule is Cc1ccc(NC(=O)C2(C(=O)Nc3ccc(C)c(Cl)c3)CC2)c(C)c1. The first kappa shape index (κ1) is 17.5. The molecule has 0 bridgehead atoms. The molecule has 1 aliphatic carbocycles. The van der Waals surface area contributed by atoms with Gasteiger partial charge in [0, 0.05) is 16.4 Å². The number of hydrogen-bond acceptors (Lipinski definition) is 2. The molecule has 0 heterocycles. The molecule has 0 spiro atoms. The summed E-state index contributed by atoms with van der Waals surface area (Å²) in [6.45, 7) is 5.84. The number of carbonyl (C=O) groups is 2. The molecule has 5 heteroatoms. The van der Waals surface area contributed by atoms with Gasteiger partial charge in [0.15, 0.2) is 0 Å². The van der Waals surface area contributed by atoms with Crippen LogP contribution in [-0.2, 0) is 9.59 Å². The first-order valence-corrected chi connectivity index (χ1v) is 8.66. The van der Waals surface area contributed by atoms with E-state index in [9.17, 15) is 9.59 Å². The molecule has 0 aliphatic heterocycles. The maximum Gasteiger partial charge on any atom is 0.240 e. The Bertz CT molecular complexity index is 857. The molecule has 25 heavy (non-hydrogen) atoms. The van der Waals surface area contributed by atoms with Crippen molar-refractivity contribution in [3.05, 3.63) is 58.1 Å². The zero-order valence-corrected chi connectivity index (χ0v) is 15.3. The summed E-state index contributed by atoms with van der Waals surface area (Å²) in [6, 6.07) is 11.1. The van der Waals surface area contributed by atoms with Crippen molar-refractivity contribution in [2.75, 3.05) is 10.6 Å². The summed E-state index contributed by atoms with van der Waals surface area (Å²) in [5.74, 6) is -0.537. The second-order valence-electron chi connectivity index (χ2n) is 6.77. The van der Waals surface area contributed by atoms with Gasteiger partial charge in [0.25, 0.3) is 0 Å². The Morgan fingerprint density at radius 2 is 1.60 bits per heavy atom. The van der Waals surface area contributed by atoms with E-state index in [1.807, 2.05) is 45.0 Å². The second-order valence-corrected chi connectivity index (χ2v) is 7.18. The molecular weight excluding hydrogens is 336 g/mol. The standard InChI is InChI=1S/C20H21ClN2O2/c1-12-4-7-17(14(3)10-12)23-19(25)20(8-9-20)18(24)22-15-6-5-13(2)16(21)11-15/h4-7,10-11H,8-9H2,1-3H3,(H,22,24)(H,23,25). The van der Waals surface area contributed by atoms with Gasteiger partial charge >= 0.3 is 0 Å². The smallest absolute Gasteiger partial charge is 0.240 e. The molecule has 2 aromatic rings. The minimum atomic E-state index is -0.991. The normalized spacial score (nSPS) is 14.7. The lowest BCUT2D eigenvalue weighted by Gasteiger charge is -2.17. The summed E-state index contributed by atoms with van der Waals surface area (Å²) in [6.07, 6.45) is 1.10. The van der Waals surface area contributed by atoms with Gasteiger partial charge in [0.05, 0.1) is 0 Å². The van der Waals surface area contributed by atoms with E-state index >= 15 is 0 Å². The van der Waals surface area contributed by atoms with Crippen molar-refractivity contribution >= 4 is 34.8 Å². The van der Waals surface area contributed by atoms with Crippen LogP contribution in [0.2, 0.25) is 5.02 Å². The first-order chi connectivity index (χ1) is 11.8. The summed E-state index contributed by atoms with van der Waals surface area (Å²) in [7, 11) is 0. The number of benzene rings is 2. The number of carbonyl (C=O) groups excluding carboxylic acids is 2. The molecule has 2 aromatic carbocycles. The van der Waals surface area contributed by atoms with Crippen molar-refractivity contribution in [2.45, 2.75) is 33.6 Å². The zero-order valence-electron chi connectivity index (χ0n) is 14.6. The quantitative estimate of drug-likeness (QED) is 0.785. The topological polar surface area (TPSA) is 58.2 Å². The van der Waals surface area contributed by atoms with Crippen LogP contribution >= 0.6 is 11.6 Å². The Labute approximate surface area is 152 Å². The highest BCUT2D eigenvalue weighted by Gasteiger charge is 2.56. The Morgan fingerprint density at radius 1 is 0.920 bits per heavy atom. The monoisotopic (exact) mass is 356 g/mol. The maximum atomic E-state index is 12.7. The molecule has 130 valence electrons. The van der Waals surface area contributed by atoms with Crippen molar-refractivity contribution < 1.29 is 9.59 Å². The summed E-state index contributed by atoms with van der Waals surface area (Å²) in [5.41, 5.74) is 3.41. The fourth-order valence-electron chi connectivity index (χ4n) is 2.80. The Hall–Kier alpha value is -2.33. The Morgan fingerprint density at radius 3 is 2.20 bits per heavy atom. The van der Waals surface area contributed by atoms with Gasteiger partial charge in [-0.3, -0.25) is 9.59 Å². The molecular formula is C20H21ClN2O2. The van der Waals surface area contributed by atoms with Crippen LogP contribution in [0.5, 0.6) is 0 Å². The van der Waals surface area contributed by atoms with Gasteiger partial charge in [-0.25, -0.2) is 0 Å². The largest absolute Gasteiger partial charge is 0.325 e. The lowest BCUT2D eigenvalue weighted by molar-refractivity contribution is -0.131. The number of hydrogen-bond donors (Lipinski definition) is 2. The third-order valence-corrected chi connectivity index (χ3v) is 5.09. The van der Waals surface area contributed by atoms with Gasteiger partial charge in [0.2, 0.25) is 11.8 Å². The van der Waals surface area contributed by atoms with E-state index in [1.54, 1.807) is 12.1 Å². The van der Waals surface area contributed by atoms with Crippen LogP contribution in [0.3, 0.4) is 0 Å². The predicted molar refractivity (Wildman–Crippen MR) is 101 cm³/mol. The van der Waals surface area contributed by atoms with E-state index in [-0.39, 0.29) is 11.8 Å². The van der Waals surface area contributed by atoms with E-state index in [0.717, 1.165) is 22.4 Å². The molecule has 2 N–H and O–H groups in total. The number of amides is 2. The summed E-state index contributed by atoms with van der Waals surface area (Å²) in [5, 5.41) is 6.31. The molecule has 0 atom stereocenters. The third-order valence-electron chi connectivity index (χ3n) is 4.68. The van der Waals surface area contributed by atoms with Gasteiger partial charge < -0.3 is 10.6 Å². The minimum Gasteiger partial charge on any atom is -0.325 e. The van der Waals surface area contributed by atoms with Crippen molar-refractivity contribution in [1.29, 1.82) is 0 Å². The van der Waals surface area contributed by atoms with Crippen molar-refractivity contribution in [3.8, 4) is 0 Å². The van der Waals surface area contributed by atoms with Crippen LogP contribution in [0.25, 0.3) is 0 Å². The van der Waals surface area contributed by atoms with Crippen LogP contribution in [0.4, 0.5) is 11.4 Å². The predicted octanol–water partition coefficient (Wildman–Crippen LogP) is 4.62. The second kappa shape index (κ2) is 6.52. The van der Waals surface area contributed by atoms with Crippen molar-refractivity contribution in [1.82, 2.24) is 0 Å². The molecule has 2 amide bonds. The lowest BCUT2D eigenvalue weighted by Crippen LogP contribution is -2.35. The van der Waals surface area contributed by atoms with Crippen LogP contribution in [0, 0.1) is 26.2 Å². The fraction of sp³-hybridized carbons (Fsp3) is 0.300. The molecule has 4 nitrogen and oxygen atoms in total. The number of rotatable bonds is 4. The van der Waals surface area contributed by atoms with E-state index in [1.165, 1.54) is 0 Å². The summed E-state index contributed by atoms with van der Waals surface area (Å²) in [4.78, 5) is 25.3. The molecule has 0 aromatic heterocycles. The van der Waals surface area contributed by atoms with Gasteiger partial charge in [-0.15, -0.1) is 0 Å². The summed E-state index contributed by atoms with van der Waals surface area (Å²) >= 11 is 6.10. The van der Waals surface area contributed by atoms with Gasteiger partial charge in [-0.05, 0) is 62.9 Å². The van der Waals surface area contributed by atoms with Gasteiger partial charge in [0.1, 0.15) is 5.41 Å². The van der Waals surface area contributed by atoms with Crippen LogP contribution in [0.1, 0.15) is 29.5 Å². The highest BCUT2D eigenvalue weighted by Crippen LogP contribution is 2.47. The van der Waals surface area contributed by atoms with E-state index in [0.29, 0.717) is 23.6 Å². The van der Waals surface area contributed by atoms with E-state index < -0.39 is 5.41 Å². The molecule has 1 saturated carbocycles. The van der Waals surface area contributed by atoms with E-state index in [2.05, 4.69) is 10.6 Å². The number of nitrogens with one attached hydrogen (secondary N) is 2. The Balaban J connectivity index is 1.73. The van der Waals surface area contributed by atoms with Crippen LogP contribution < -0.4 is 10.6 Å². The highest BCUT2D eigenvalue weighted by molar-refractivity contribution is 6.31. The first-order valence-electron chi connectivity index (χ1n) is 8.28.